The van der Waals surface area contributed by atoms with Gasteiger partial charge in [-0.25, -0.2) is 0 Å². The van der Waals surface area contributed by atoms with Crippen LogP contribution in [0.2, 0.25) is 0 Å². The van der Waals surface area contributed by atoms with Crippen molar-refractivity contribution in [3.8, 4) is 0 Å². The number of carboxylic acids is 1. The Bertz CT molecular complexity index is 347. The third-order valence-corrected chi connectivity index (χ3v) is 3.44. The van der Waals surface area contributed by atoms with Crippen LogP contribution in [0.5, 0.6) is 0 Å². The average Bonchev–Trinajstić information content (AvgIpc) is 2.92. The Morgan fingerprint density at radius 2 is 2.12 bits per heavy atom. The van der Waals surface area contributed by atoms with E-state index < -0.39 is 11.9 Å². The Hall–Kier alpha value is -1.36. The van der Waals surface area contributed by atoms with E-state index in [9.17, 15) is 9.59 Å². The first-order valence-electron chi connectivity index (χ1n) is 5.49. The smallest absolute Gasteiger partial charge is 0.310 e. The highest BCUT2D eigenvalue weighted by atomic mass is 16.4. The van der Waals surface area contributed by atoms with Crippen molar-refractivity contribution in [3.05, 3.63) is 12.2 Å². The van der Waals surface area contributed by atoms with E-state index in [0.717, 1.165) is 12.8 Å². The van der Waals surface area contributed by atoms with Gasteiger partial charge in [-0.2, -0.15) is 0 Å². The Balaban J connectivity index is 1.86. The zero-order chi connectivity index (χ0) is 11.8. The zero-order valence-electron chi connectivity index (χ0n) is 8.98. The maximum absolute atomic E-state index is 11.8. The Kier molecular flexibility index (Phi) is 2.71. The van der Waals surface area contributed by atoms with Gasteiger partial charge in [0.25, 0.3) is 0 Å². The van der Waals surface area contributed by atoms with Crippen LogP contribution in [0.4, 0.5) is 0 Å². The molecule has 88 valence electrons. The van der Waals surface area contributed by atoms with Crippen LogP contribution in [-0.4, -0.2) is 29.6 Å². The summed E-state index contributed by atoms with van der Waals surface area (Å²) < 4.78 is 0. The molecule has 2 atom stereocenters. The number of carbonyl (C=O) groups is 2. The number of carbonyl (C=O) groups excluding carboxylic acids is 1. The molecule has 16 heavy (non-hydrogen) atoms. The van der Waals surface area contributed by atoms with Crippen LogP contribution in [-0.2, 0) is 9.59 Å². The second-order valence-corrected chi connectivity index (χ2v) is 4.63. The molecular weight excluding hydrogens is 208 g/mol. The number of carboxylic acid groups (broad SMARTS) is 1. The van der Waals surface area contributed by atoms with Crippen molar-refractivity contribution < 1.29 is 14.7 Å². The van der Waals surface area contributed by atoms with Gasteiger partial charge in [0, 0.05) is 12.6 Å². The molecule has 2 rings (SSSR count). The van der Waals surface area contributed by atoms with Crippen LogP contribution in [0.15, 0.2) is 12.2 Å². The number of rotatable bonds is 4. The summed E-state index contributed by atoms with van der Waals surface area (Å²) in [7, 11) is 0. The summed E-state index contributed by atoms with van der Waals surface area (Å²) in [5, 5.41) is 11.6. The normalized spacial score (nSPS) is 30.1. The van der Waals surface area contributed by atoms with E-state index in [-0.39, 0.29) is 17.4 Å². The van der Waals surface area contributed by atoms with Crippen molar-refractivity contribution in [2.75, 3.05) is 6.54 Å². The third kappa shape index (κ3) is 1.95. The highest BCUT2D eigenvalue weighted by molar-refractivity contribution is 5.86. The summed E-state index contributed by atoms with van der Waals surface area (Å²) in [4.78, 5) is 22.5. The lowest BCUT2D eigenvalue weighted by Crippen LogP contribution is -2.41. The molecule has 0 heterocycles. The molecule has 0 aromatic rings. The van der Waals surface area contributed by atoms with E-state index in [1.54, 1.807) is 12.2 Å². The molecule has 2 aliphatic rings. The molecule has 0 saturated heterocycles. The monoisotopic (exact) mass is 224 g/mol. The highest BCUT2D eigenvalue weighted by Crippen LogP contribution is 2.44. The second-order valence-electron chi connectivity index (χ2n) is 4.63. The van der Waals surface area contributed by atoms with Crippen LogP contribution in [0, 0.1) is 11.3 Å². The van der Waals surface area contributed by atoms with Gasteiger partial charge in [-0.3, -0.25) is 9.59 Å². The molecule has 0 aromatic carbocycles. The van der Waals surface area contributed by atoms with E-state index in [1.807, 2.05) is 0 Å². The zero-order valence-corrected chi connectivity index (χ0v) is 8.98. The minimum Gasteiger partial charge on any atom is -0.481 e. The number of hydrogen-bond donors (Lipinski definition) is 3. The van der Waals surface area contributed by atoms with E-state index in [0.29, 0.717) is 13.0 Å². The van der Waals surface area contributed by atoms with E-state index in [1.165, 1.54) is 0 Å². The van der Waals surface area contributed by atoms with Crippen molar-refractivity contribution in [3.63, 3.8) is 0 Å². The molecule has 1 fully saturated rings. The van der Waals surface area contributed by atoms with Gasteiger partial charge in [0.15, 0.2) is 0 Å². The summed E-state index contributed by atoms with van der Waals surface area (Å²) in [5.41, 5.74) is 5.18. The molecule has 5 nitrogen and oxygen atoms in total. The van der Waals surface area contributed by atoms with Gasteiger partial charge >= 0.3 is 5.97 Å². The highest BCUT2D eigenvalue weighted by Gasteiger charge is 2.49. The minimum absolute atomic E-state index is 0.0318. The fourth-order valence-electron chi connectivity index (χ4n) is 1.99. The fraction of sp³-hybridized carbons (Fsp3) is 0.636. The molecule has 0 radical (unpaired) electrons. The third-order valence-electron chi connectivity index (χ3n) is 3.44. The lowest BCUT2D eigenvalue weighted by atomic mass is 10.0. The fourth-order valence-corrected chi connectivity index (χ4v) is 1.99. The molecule has 0 aliphatic heterocycles. The van der Waals surface area contributed by atoms with Gasteiger partial charge in [0.2, 0.25) is 5.91 Å². The molecule has 5 heteroatoms. The lowest BCUT2D eigenvalue weighted by Gasteiger charge is -2.17. The maximum Gasteiger partial charge on any atom is 0.310 e. The number of aliphatic carboxylic acids is 1. The predicted octanol–water partition coefficient (Wildman–Crippen LogP) is -0.129. The van der Waals surface area contributed by atoms with Gasteiger partial charge in [-0.15, -0.1) is 0 Å². The van der Waals surface area contributed by atoms with Crippen molar-refractivity contribution in [1.29, 1.82) is 0 Å². The second kappa shape index (κ2) is 3.90. The molecule has 2 aliphatic carbocycles. The average molecular weight is 224 g/mol. The van der Waals surface area contributed by atoms with Gasteiger partial charge in [-0.1, -0.05) is 12.2 Å². The first-order valence-corrected chi connectivity index (χ1v) is 5.49. The molecule has 1 saturated carbocycles. The Morgan fingerprint density at radius 1 is 1.44 bits per heavy atom. The standard InChI is InChI=1S/C11H16N2O3/c12-6-11(3-4-11)10(16)13-8-2-1-7(5-8)9(14)15/h1-2,7-8H,3-6,12H2,(H,13,16)(H,14,15). The summed E-state index contributed by atoms with van der Waals surface area (Å²) in [6, 6.07) is -0.155. The van der Waals surface area contributed by atoms with Gasteiger partial charge in [-0.05, 0) is 19.3 Å². The largest absolute Gasteiger partial charge is 0.481 e. The van der Waals surface area contributed by atoms with Gasteiger partial charge < -0.3 is 16.2 Å². The SMILES string of the molecule is NCC1(C(=O)NC2C=CC(C(=O)O)C2)CC1. The Morgan fingerprint density at radius 3 is 2.56 bits per heavy atom. The van der Waals surface area contributed by atoms with Crippen molar-refractivity contribution >= 4 is 11.9 Å². The van der Waals surface area contributed by atoms with E-state index in [2.05, 4.69) is 5.32 Å². The quantitative estimate of drug-likeness (QED) is 0.580. The molecule has 0 aromatic heterocycles. The van der Waals surface area contributed by atoms with Crippen molar-refractivity contribution in [2.45, 2.75) is 25.3 Å². The van der Waals surface area contributed by atoms with Crippen LogP contribution in [0.3, 0.4) is 0 Å². The first kappa shape index (κ1) is 11.1. The summed E-state index contributed by atoms with van der Waals surface area (Å²) >= 11 is 0. The number of nitrogens with one attached hydrogen (secondary N) is 1. The summed E-state index contributed by atoms with van der Waals surface area (Å²) in [5.74, 6) is -1.35. The Labute approximate surface area is 93.7 Å². The van der Waals surface area contributed by atoms with Gasteiger partial charge in [0.05, 0.1) is 11.3 Å². The van der Waals surface area contributed by atoms with E-state index in [4.69, 9.17) is 10.8 Å². The molecule has 2 unspecified atom stereocenters. The number of nitrogens with two attached hydrogens (primary N) is 1. The molecule has 1 amide bonds. The number of hydrogen-bond acceptors (Lipinski definition) is 3. The summed E-state index contributed by atoms with van der Waals surface area (Å²) in [6.45, 7) is 0.373. The van der Waals surface area contributed by atoms with Crippen LogP contribution in [0.1, 0.15) is 19.3 Å². The molecule has 0 bridgehead atoms. The van der Waals surface area contributed by atoms with Crippen LogP contribution < -0.4 is 11.1 Å². The maximum atomic E-state index is 11.8. The van der Waals surface area contributed by atoms with E-state index >= 15 is 0 Å². The predicted molar refractivity (Wildman–Crippen MR) is 57.5 cm³/mol. The molecular formula is C11H16N2O3. The lowest BCUT2D eigenvalue weighted by molar-refractivity contribution is -0.140. The van der Waals surface area contributed by atoms with Crippen LogP contribution >= 0.6 is 0 Å². The number of amides is 1. The topological polar surface area (TPSA) is 92.4 Å². The minimum atomic E-state index is -0.840. The van der Waals surface area contributed by atoms with Crippen molar-refractivity contribution in [2.24, 2.45) is 17.1 Å². The first-order chi connectivity index (χ1) is 7.57. The van der Waals surface area contributed by atoms with Crippen LogP contribution in [0.25, 0.3) is 0 Å². The molecule has 4 N–H and O–H groups in total. The van der Waals surface area contributed by atoms with Gasteiger partial charge in [0.1, 0.15) is 0 Å². The summed E-state index contributed by atoms with van der Waals surface area (Å²) in [6.07, 6.45) is 5.52. The molecule has 0 spiro atoms. The van der Waals surface area contributed by atoms with Crippen molar-refractivity contribution in [1.82, 2.24) is 5.32 Å².